The van der Waals surface area contributed by atoms with E-state index in [1.807, 2.05) is 0 Å². The van der Waals surface area contributed by atoms with E-state index in [1.54, 1.807) is 0 Å². The molecule has 0 radical (unpaired) electrons. The van der Waals surface area contributed by atoms with Gasteiger partial charge in [-0.3, -0.25) is 0 Å². The van der Waals surface area contributed by atoms with Gasteiger partial charge in [-0.1, -0.05) is 78.3 Å². The molecule has 1 aliphatic heterocycles. The standard InChI is InChI=1S/C24H15ClO/c25-19-13-16-10-9-14-5-1-3-7-17(14)21(16)24-23(19)22-18-8-4-2-6-15(18)11-12-20(22)26-24/h1-13,23-24H. The first-order valence-corrected chi connectivity index (χ1v) is 9.26. The summed E-state index contributed by atoms with van der Waals surface area (Å²) < 4.78 is 6.50. The third-order valence-corrected chi connectivity index (χ3v) is 6.02. The van der Waals surface area contributed by atoms with Gasteiger partial charge in [-0.25, -0.2) is 0 Å². The van der Waals surface area contributed by atoms with E-state index < -0.39 is 0 Å². The van der Waals surface area contributed by atoms with Crippen LogP contribution in [0, 0.1) is 0 Å². The van der Waals surface area contributed by atoms with Gasteiger partial charge in [0.2, 0.25) is 0 Å². The van der Waals surface area contributed by atoms with Crippen LogP contribution in [-0.4, -0.2) is 0 Å². The summed E-state index contributed by atoms with van der Waals surface area (Å²) in [5.74, 6) is 1.00. The Morgan fingerprint density at radius 2 is 1.35 bits per heavy atom. The summed E-state index contributed by atoms with van der Waals surface area (Å²) >= 11 is 6.81. The number of ether oxygens (including phenoxy) is 1. The molecule has 1 aliphatic carbocycles. The molecular formula is C24H15ClO. The lowest BCUT2D eigenvalue weighted by Crippen LogP contribution is -2.16. The molecule has 0 fully saturated rings. The first-order valence-electron chi connectivity index (χ1n) is 8.88. The van der Waals surface area contributed by atoms with Crippen molar-refractivity contribution in [3.63, 3.8) is 0 Å². The van der Waals surface area contributed by atoms with Gasteiger partial charge in [-0.2, -0.15) is 0 Å². The highest BCUT2D eigenvalue weighted by atomic mass is 35.5. The molecule has 124 valence electrons. The molecular weight excluding hydrogens is 340 g/mol. The van der Waals surface area contributed by atoms with Crippen LogP contribution in [0.3, 0.4) is 0 Å². The average molecular weight is 355 g/mol. The summed E-state index contributed by atoms with van der Waals surface area (Å²) in [5, 5.41) is 5.79. The topological polar surface area (TPSA) is 9.23 Å². The van der Waals surface area contributed by atoms with Crippen molar-refractivity contribution in [1.82, 2.24) is 0 Å². The zero-order valence-corrected chi connectivity index (χ0v) is 14.7. The monoisotopic (exact) mass is 354 g/mol. The first kappa shape index (κ1) is 14.4. The molecule has 0 bridgehead atoms. The fraction of sp³-hybridized carbons (Fsp3) is 0.0833. The summed E-state index contributed by atoms with van der Waals surface area (Å²) in [6, 6.07) is 25.5. The minimum atomic E-state index is -0.0746. The van der Waals surface area contributed by atoms with Crippen molar-refractivity contribution in [2.24, 2.45) is 0 Å². The Bertz CT molecular complexity index is 1240. The largest absolute Gasteiger partial charge is 0.484 e. The Hall–Kier alpha value is -2.77. The van der Waals surface area contributed by atoms with Crippen molar-refractivity contribution in [2.45, 2.75) is 12.0 Å². The van der Waals surface area contributed by atoms with Crippen LogP contribution in [0.25, 0.3) is 27.6 Å². The Kier molecular flexibility index (Phi) is 2.84. The zero-order valence-electron chi connectivity index (χ0n) is 13.9. The van der Waals surface area contributed by atoms with Gasteiger partial charge in [0.25, 0.3) is 0 Å². The third-order valence-electron chi connectivity index (χ3n) is 5.68. The predicted molar refractivity (Wildman–Crippen MR) is 108 cm³/mol. The van der Waals surface area contributed by atoms with Gasteiger partial charge in [0.15, 0.2) is 0 Å². The highest BCUT2D eigenvalue weighted by molar-refractivity contribution is 6.33. The number of benzene rings is 4. The van der Waals surface area contributed by atoms with Gasteiger partial charge in [-0.15, -0.1) is 0 Å². The van der Waals surface area contributed by atoms with Crippen molar-refractivity contribution < 1.29 is 4.74 Å². The van der Waals surface area contributed by atoms with Gasteiger partial charge in [0, 0.05) is 16.2 Å². The molecule has 26 heavy (non-hydrogen) atoms. The third kappa shape index (κ3) is 1.81. The molecule has 0 N–H and O–H groups in total. The Labute approximate surface area is 156 Å². The van der Waals surface area contributed by atoms with Gasteiger partial charge < -0.3 is 4.74 Å². The van der Waals surface area contributed by atoms with Crippen LogP contribution in [-0.2, 0) is 0 Å². The lowest BCUT2D eigenvalue weighted by Gasteiger charge is -2.27. The van der Waals surface area contributed by atoms with Crippen molar-refractivity contribution in [3.8, 4) is 5.75 Å². The highest BCUT2D eigenvalue weighted by Crippen LogP contribution is 2.57. The molecule has 4 aromatic carbocycles. The second-order valence-electron chi connectivity index (χ2n) is 7.03. The molecule has 0 saturated heterocycles. The van der Waals surface area contributed by atoms with E-state index in [1.165, 1.54) is 32.7 Å². The lowest BCUT2D eigenvalue weighted by molar-refractivity contribution is 0.223. The summed E-state index contributed by atoms with van der Waals surface area (Å²) in [6.45, 7) is 0. The van der Waals surface area contributed by atoms with Crippen LogP contribution in [0.4, 0.5) is 0 Å². The van der Waals surface area contributed by atoms with Crippen LogP contribution in [0.15, 0.2) is 77.8 Å². The number of halogens is 1. The highest BCUT2D eigenvalue weighted by Gasteiger charge is 2.42. The zero-order chi connectivity index (χ0) is 17.3. The van der Waals surface area contributed by atoms with Crippen LogP contribution in [0.5, 0.6) is 5.75 Å². The maximum atomic E-state index is 6.81. The molecule has 1 heterocycles. The molecule has 6 rings (SSSR count). The van der Waals surface area contributed by atoms with Crippen LogP contribution in [0.1, 0.15) is 28.7 Å². The SMILES string of the molecule is ClC1=Cc2ccc3ccccc3c2C2Oc3ccc4ccccc4c3C12. The summed E-state index contributed by atoms with van der Waals surface area (Å²) in [5.41, 5.74) is 3.62. The quantitative estimate of drug-likeness (QED) is 0.337. The molecule has 0 amide bonds. The van der Waals surface area contributed by atoms with E-state index in [2.05, 4.69) is 78.9 Å². The van der Waals surface area contributed by atoms with Gasteiger partial charge in [0.1, 0.15) is 11.9 Å². The molecule has 0 aromatic heterocycles. The predicted octanol–water partition coefficient (Wildman–Crippen LogP) is 6.80. The summed E-state index contributed by atoms with van der Waals surface area (Å²) in [7, 11) is 0. The summed E-state index contributed by atoms with van der Waals surface area (Å²) in [4.78, 5) is 0. The van der Waals surface area contributed by atoms with Crippen molar-refractivity contribution >= 4 is 39.2 Å². The molecule has 1 nitrogen and oxygen atoms in total. The van der Waals surface area contributed by atoms with Crippen LogP contribution >= 0.6 is 11.6 Å². The second-order valence-corrected chi connectivity index (χ2v) is 7.47. The Morgan fingerprint density at radius 1 is 0.692 bits per heavy atom. The minimum absolute atomic E-state index is 0.0519. The molecule has 0 spiro atoms. The van der Waals surface area contributed by atoms with Crippen molar-refractivity contribution in [1.29, 1.82) is 0 Å². The van der Waals surface area contributed by atoms with Crippen molar-refractivity contribution in [2.75, 3.05) is 0 Å². The molecule has 2 heteroatoms. The fourth-order valence-corrected chi connectivity index (χ4v) is 4.90. The Balaban J connectivity index is 1.67. The first-order chi connectivity index (χ1) is 12.8. The average Bonchev–Trinajstić information content (AvgIpc) is 3.08. The van der Waals surface area contributed by atoms with E-state index in [0.29, 0.717) is 0 Å². The maximum absolute atomic E-state index is 6.81. The normalized spacial score (nSPS) is 20.3. The molecule has 4 aromatic rings. The lowest BCUT2D eigenvalue weighted by atomic mass is 9.80. The maximum Gasteiger partial charge on any atom is 0.137 e. The summed E-state index contributed by atoms with van der Waals surface area (Å²) in [6.07, 6.45) is 2.04. The number of hydrogen-bond acceptors (Lipinski definition) is 1. The molecule has 2 aliphatic rings. The van der Waals surface area contributed by atoms with Gasteiger partial charge in [0.05, 0.1) is 5.92 Å². The van der Waals surface area contributed by atoms with Gasteiger partial charge in [-0.05, 0) is 39.3 Å². The smallest absolute Gasteiger partial charge is 0.137 e. The molecule has 2 atom stereocenters. The second kappa shape index (κ2) is 5.12. The van der Waals surface area contributed by atoms with E-state index in [-0.39, 0.29) is 12.0 Å². The molecule has 2 unspecified atom stereocenters. The van der Waals surface area contributed by atoms with E-state index in [0.717, 1.165) is 16.3 Å². The van der Waals surface area contributed by atoms with Crippen molar-refractivity contribution in [3.05, 3.63) is 94.5 Å². The van der Waals surface area contributed by atoms with E-state index in [4.69, 9.17) is 16.3 Å². The van der Waals surface area contributed by atoms with Gasteiger partial charge >= 0.3 is 0 Å². The Morgan fingerprint density at radius 3 is 2.12 bits per heavy atom. The fourth-order valence-electron chi connectivity index (χ4n) is 4.56. The minimum Gasteiger partial charge on any atom is -0.484 e. The number of hydrogen-bond donors (Lipinski definition) is 0. The van der Waals surface area contributed by atoms with Crippen LogP contribution < -0.4 is 4.74 Å². The molecule has 0 saturated carbocycles. The van der Waals surface area contributed by atoms with Crippen LogP contribution in [0.2, 0.25) is 0 Å². The number of rotatable bonds is 0. The van der Waals surface area contributed by atoms with E-state index in [9.17, 15) is 0 Å². The number of fused-ring (bicyclic) bond motifs is 9. The van der Waals surface area contributed by atoms with E-state index >= 15 is 0 Å².